The van der Waals surface area contributed by atoms with Gasteiger partial charge in [0.2, 0.25) is 0 Å². The van der Waals surface area contributed by atoms with Gasteiger partial charge in [-0.25, -0.2) is 0 Å². The van der Waals surface area contributed by atoms with Crippen molar-refractivity contribution in [3.05, 3.63) is 24.3 Å². The van der Waals surface area contributed by atoms with E-state index in [1.54, 1.807) is 0 Å². The zero-order valence-corrected chi connectivity index (χ0v) is 11.3. The van der Waals surface area contributed by atoms with Crippen molar-refractivity contribution >= 4 is 30.0 Å². The Morgan fingerprint density at radius 2 is 1.71 bits per heavy atom. The Hall–Kier alpha value is -0.705. The minimum atomic E-state index is -0.343. The van der Waals surface area contributed by atoms with Crippen molar-refractivity contribution in [3.63, 3.8) is 0 Å². The Morgan fingerprint density at radius 1 is 1.12 bits per heavy atom. The first-order valence-corrected chi connectivity index (χ1v) is 6.06. The predicted molar refractivity (Wildman–Crippen MR) is 71.6 cm³/mol. The lowest BCUT2D eigenvalue weighted by Gasteiger charge is -2.32. The second-order valence-electron chi connectivity index (χ2n) is 5.31. The number of benzene rings is 1. The monoisotopic (exact) mass is 253 g/mol. The van der Waals surface area contributed by atoms with Crippen LogP contribution in [0.3, 0.4) is 0 Å². The highest BCUT2D eigenvalue weighted by molar-refractivity contribution is 6.62. The van der Waals surface area contributed by atoms with Crippen LogP contribution in [0.25, 0.3) is 0 Å². The average molecular weight is 254 g/mol. The molecule has 1 N–H and O–H groups in total. The van der Waals surface area contributed by atoms with E-state index in [1.807, 2.05) is 52.0 Å². The first-order chi connectivity index (χ1) is 7.86. The average Bonchev–Trinajstić information content (AvgIpc) is 2.48. The van der Waals surface area contributed by atoms with Gasteiger partial charge in [0.25, 0.3) is 0 Å². The van der Waals surface area contributed by atoms with E-state index in [-0.39, 0.29) is 18.3 Å². The van der Waals surface area contributed by atoms with E-state index in [2.05, 4.69) is 4.84 Å². The largest absolute Gasteiger partial charge is 0.494 e. The molecule has 1 saturated heterocycles. The fourth-order valence-corrected chi connectivity index (χ4v) is 1.84. The lowest BCUT2D eigenvalue weighted by Crippen LogP contribution is -2.41. The number of rotatable bonds is 2. The number of hydrogen-bond acceptors (Lipinski definition) is 3. The van der Waals surface area contributed by atoms with E-state index in [9.17, 15) is 0 Å². The summed E-state index contributed by atoms with van der Waals surface area (Å²) in [6, 6.07) is 7.71. The Balaban J connectivity index is 2.25. The number of hydrogen-bond donors (Lipinski definition) is 1. The molecule has 1 aliphatic rings. The van der Waals surface area contributed by atoms with Crippen molar-refractivity contribution in [2.45, 2.75) is 38.9 Å². The van der Waals surface area contributed by atoms with Gasteiger partial charge in [0.1, 0.15) is 0 Å². The predicted octanol–water partition coefficient (Wildman–Crippen LogP) is 2.55. The molecule has 1 aliphatic heterocycles. The van der Waals surface area contributed by atoms with E-state index in [0.29, 0.717) is 0 Å². The van der Waals surface area contributed by atoms with Gasteiger partial charge in [-0.15, -0.1) is 0 Å². The van der Waals surface area contributed by atoms with Gasteiger partial charge in [0.15, 0.2) is 0 Å². The minimum absolute atomic E-state index is 0.317. The topological polar surface area (TPSA) is 30.5 Å². The number of nitrogens with one attached hydrogen (secondary N) is 1. The fourth-order valence-electron chi connectivity index (χ4n) is 1.72. The van der Waals surface area contributed by atoms with E-state index < -0.39 is 0 Å². The highest BCUT2D eigenvalue weighted by Crippen LogP contribution is 2.36. The van der Waals surface area contributed by atoms with Crippen molar-refractivity contribution in [1.29, 1.82) is 0 Å². The lowest BCUT2D eigenvalue weighted by atomic mass is 9.79. The number of anilines is 1. The highest BCUT2D eigenvalue weighted by atomic mass is 35.5. The van der Waals surface area contributed by atoms with Crippen LogP contribution in [0.15, 0.2) is 24.3 Å². The first kappa shape index (κ1) is 12.7. The van der Waals surface area contributed by atoms with Crippen molar-refractivity contribution in [2.24, 2.45) is 0 Å². The molecular weight excluding hydrogens is 236 g/mol. The zero-order chi connectivity index (χ0) is 12.7. The molecule has 1 aromatic carbocycles. The molecule has 0 saturated carbocycles. The number of halogens is 1. The minimum Gasteiger partial charge on any atom is -0.399 e. The maximum atomic E-state index is 5.96. The van der Waals surface area contributed by atoms with Crippen LogP contribution >= 0.6 is 11.8 Å². The maximum absolute atomic E-state index is 5.96. The van der Waals surface area contributed by atoms with E-state index in [1.165, 1.54) is 0 Å². The van der Waals surface area contributed by atoms with Gasteiger partial charge in [0.05, 0.1) is 11.2 Å². The van der Waals surface area contributed by atoms with E-state index in [4.69, 9.17) is 21.1 Å². The van der Waals surface area contributed by atoms with Crippen LogP contribution in [0, 0.1) is 0 Å². The molecular formula is C12H17BClNO2. The standard InChI is InChI=1S/C12H17BClNO2/c1-11(2)12(3,4)17-13(16-11)9-6-5-7-10(8-9)15-14/h5-8,15H,1-4H3. The summed E-state index contributed by atoms with van der Waals surface area (Å²) >= 11 is 5.59. The van der Waals surface area contributed by atoms with Gasteiger partial charge in [-0.3, -0.25) is 4.84 Å². The zero-order valence-electron chi connectivity index (χ0n) is 10.6. The van der Waals surface area contributed by atoms with Crippen LogP contribution in [0.5, 0.6) is 0 Å². The van der Waals surface area contributed by atoms with Crippen molar-refractivity contribution in [2.75, 3.05) is 4.84 Å². The van der Waals surface area contributed by atoms with Crippen molar-refractivity contribution in [3.8, 4) is 0 Å². The smallest absolute Gasteiger partial charge is 0.399 e. The molecule has 0 amide bonds. The van der Waals surface area contributed by atoms with Crippen molar-refractivity contribution in [1.82, 2.24) is 0 Å². The van der Waals surface area contributed by atoms with Gasteiger partial charge in [0, 0.05) is 17.5 Å². The molecule has 1 heterocycles. The van der Waals surface area contributed by atoms with Crippen LogP contribution < -0.4 is 10.3 Å². The van der Waals surface area contributed by atoms with Crippen LogP contribution in [0.4, 0.5) is 5.69 Å². The van der Waals surface area contributed by atoms with Crippen molar-refractivity contribution < 1.29 is 9.31 Å². The molecule has 2 rings (SSSR count). The van der Waals surface area contributed by atoms with E-state index in [0.717, 1.165) is 11.2 Å². The third kappa shape index (κ3) is 2.30. The van der Waals surface area contributed by atoms with Crippen LogP contribution in [0.2, 0.25) is 0 Å². The van der Waals surface area contributed by atoms with Crippen LogP contribution in [-0.2, 0) is 9.31 Å². The Morgan fingerprint density at radius 3 is 2.24 bits per heavy atom. The molecule has 0 radical (unpaired) electrons. The normalized spacial score (nSPS) is 21.6. The Labute approximate surface area is 108 Å². The summed E-state index contributed by atoms with van der Waals surface area (Å²) in [6.45, 7) is 8.15. The Bertz CT molecular complexity index is 407. The van der Waals surface area contributed by atoms with Gasteiger partial charge in [-0.1, -0.05) is 12.1 Å². The highest BCUT2D eigenvalue weighted by Gasteiger charge is 2.51. The van der Waals surface area contributed by atoms with Gasteiger partial charge >= 0.3 is 7.12 Å². The summed E-state index contributed by atoms with van der Waals surface area (Å²) in [5.74, 6) is 0. The van der Waals surface area contributed by atoms with E-state index >= 15 is 0 Å². The molecule has 92 valence electrons. The fraction of sp³-hybridized carbons (Fsp3) is 0.500. The Kier molecular flexibility index (Phi) is 3.14. The first-order valence-electron chi connectivity index (χ1n) is 5.68. The molecule has 0 bridgehead atoms. The summed E-state index contributed by atoms with van der Waals surface area (Å²) < 4.78 is 11.9. The summed E-state index contributed by atoms with van der Waals surface area (Å²) in [6.07, 6.45) is 0. The van der Waals surface area contributed by atoms with Gasteiger partial charge in [-0.05, 0) is 45.3 Å². The second-order valence-corrected chi connectivity index (χ2v) is 5.50. The lowest BCUT2D eigenvalue weighted by molar-refractivity contribution is 0.00578. The third-order valence-corrected chi connectivity index (χ3v) is 3.74. The molecule has 1 aromatic rings. The second kappa shape index (κ2) is 4.20. The molecule has 5 heteroatoms. The quantitative estimate of drug-likeness (QED) is 0.649. The molecule has 0 aromatic heterocycles. The molecule has 1 fully saturated rings. The van der Waals surface area contributed by atoms with Gasteiger partial charge < -0.3 is 9.31 Å². The van der Waals surface area contributed by atoms with Gasteiger partial charge in [-0.2, -0.15) is 0 Å². The maximum Gasteiger partial charge on any atom is 0.494 e. The van der Waals surface area contributed by atoms with Crippen LogP contribution in [0.1, 0.15) is 27.7 Å². The molecule has 0 unspecified atom stereocenters. The summed E-state index contributed by atoms with van der Waals surface area (Å²) in [5.41, 5.74) is 1.16. The SMILES string of the molecule is CC1(C)OB(c2cccc(NCl)c2)OC1(C)C. The molecule has 0 aliphatic carbocycles. The van der Waals surface area contributed by atoms with Crippen LogP contribution in [-0.4, -0.2) is 18.3 Å². The molecule has 0 spiro atoms. The summed E-state index contributed by atoms with van der Waals surface area (Å²) in [5, 5.41) is 0. The molecule has 3 nitrogen and oxygen atoms in total. The summed E-state index contributed by atoms with van der Waals surface area (Å²) in [7, 11) is -0.343. The third-order valence-electron chi connectivity index (χ3n) is 3.52. The summed E-state index contributed by atoms with van der Waals surface area (Å²) in [4.78, 5) is 2.59. The molecule has 0 atom stereocenters. The molecule has 17 heavy (non-hydrogen) atoms.